The van der Waals surface area contributed by atoms with Gasteiger partial charge in [-0.2, -0.15) is 11.3 Å². The maximum Gasteiger partial charge on any atom is 0.292 e. The number of piperidine rings is 1. The predicted octanol–water partition coefficient (Wildman–Crippen LogP) is 4.24. The maximum absolute atomic E-state index is 13.1. The van der Waals surface area contributed by atoms with Gasteiger partial charge in [-0.3, -0.25) is 14.9 Å². The number of thiophene rings is 1. The van der Waals surface area contributed by atoms with Crippen LogP contribution in [-0.4, -0.2) is 35.4 Å². The van der Waals surface area contributed by atoms with Crippen LogP contribution >= 0.6 is 11.3 Å². The molecule has 27 heavy (non-hydrogen) atoms. The molecule has 0 radical (unpaired) electrons. The number of benzene rings is 1. The van der Waals surface area contributed by atoms with Crippen LogP contribution in [0.3, 0.4) is 0 Å². The average Bonchev–Trinajstić information content (AvgIpc) is 3.39. The number of anilines is 1. The molecule has 3 heterocycles. The van der Waals surface area contributed by atoms with E-state index in [1.165, 1.54) is 5.56 Å². The summed E-state index contributed by atoms with van der Waals surface area (Å²) in [5.41, 5.74) is 2.05. The number of amides is 1. The van der Waals surface area contributed by atoms with Crippen LogP contribution in [0.4, 0.5) is 11.4 Å². The second kappa shape index (κ2) is 7.68. The van der Waals surface area contributed by atoms with Gasteiger partial charge in [0.1, 0.15) is 5.69 Å². The van der Waals surface area contributed by atoms with Crippen molar-refractivity contribution in [3.63, 3.8) is 0 Å². The summed E-state index contributed by atoms with van der Waals surface area (Å²) >= 11 is 1.68. The lowest BCUT2D eigenvalue weighted by atomic mass is 9.94. The highest BCUT2D eigenvalue weighted by Gasteiger charge is 2.36. The van der Waals surface area contributed by atoms with Crippen molar-refractivity contribution in [2.75, 3.05) is 24.5 Å². The third-order valence-electron chi connectivity index (χ3n) is 5.73. The summed E-state index contributed by atoms with van der Waals surface area (Å²) in [4.78, 5) is 28.2. The first-order chi connectivity index (χ1) is 13.1. The molecular weight excluding hydrogens is 362 g/mol. The van der Waals surface area contributed by atoms with E-state index in [1.807, 2.05) is 11.0 Å². The Labute approximate surface area is 162 Å². The molecule has 7 heteroatoms. The van der Waals surface area contributed by atoms with Crippen molar-refractivity contribution in [3.8, 4) is 0 Å². The Morgan fingerprint density at radius 1 is 1.11 bits per heavy atom. The molecule has 6 nitrogen and oxygen atoms in total. The van der Waals surface area contributed by atoms with E-state index in [9.17, 15) is 14.9 Å². The number of hydrogen-bond donors (Lipinski definition) is 0. The molecule has 0 aliphatic carbocycles. The fourth-order valence-corrected chi connectivity index (χ4v) is 5.04. The zero-order valence-electron chi connectivity index (χ0n) is 15.1. The van der Waals surface area contributed by atoms with Crippen LogP contribution in [0.2, 0.25) is 0 Å². The van der Waals surface area contributed by atoms with Gasteiger partial charge in [0, 0.05) is 31.6 Å². The third kappa shape index (κ3) is 3.56. The van der Waals surface area contributed by atoms with Crippen LogP contribution in [0.25, 0.3) is 0 Å². The Morgan fingerprint density at radius 2 is 1.89 bits per heavy atom. The molecule has 0 saturated carbocycles. The number of hydrogen-bond acceptors (Lipinski definition) is 5. The van der Waals surface area contributed by atoms with Gasteiger partial charge in [-0.15, -0.1) is 0 Å². The van der Waals surface area contributed by atoms with Crippen molar-refractivity contribution in [2.45, 2.75) is 31.7 Å². The predicted molar refractivity (Wildman–Crippen MR) is 106 cm³/mol. The first-order valence-electron chi connectivity index (χ1n) is 9.46. The summed E-state index contributed by atoms with van der Waals surface area (Å²) in [6, 6.07) is 9.20. The summed E-state index contributed by atoms with van der Waals surface area (Å²) in [6.07, 6.45) is 3.59. The number of para-hydroxylation sites is 2. The van der Waals surface area contributed by atoms with Gasteiger partial charge in [0.2, 0.25) is 5.91 Å². The van der Waals surface area contributed by atoms with Crippen LogP contribution in [-0.2, 0) is 4.79 Å². The van der Waals surface area contributed by atoms with E-state index in [0.29, 0.717) is 18.8 Å². The first kappa shape index (κ1) is 18.0. The van der Waals surface area contributed by atoms with Crippen LogP contribution < -0.4 is 4.90 Å². The number of carbonyl (C=O) groups is 1. The summed E-state index contributed by atoms with van der Waals surface area (Å²) < 4.78 is 0. The maximum atomic E-state index is 13.1. The lowest BCUT2D eigenvalue weighted by Gasteiger charge is -2.35. The number of carbonyl (C=O) groups excluding carboxylic acids is 1. The first-order valence-corrected chi connectivity index (χ1v) is 10.4. The van der Waals surface area contributed by atoms with Gasteiger partial charge in [-0.1, -0.05) is 12.1 Å². The second-order valence-corrected chi connectivity index (χ2v) is 8.03. The molecule has 1 atom stereocenters. The Kier molecular flexibility index (Phi) is 5.11. The molecule has 1 aromatic heterocycles. The lowest BCUT2D eigenvalue weighted by Crippen LogP contribution is -2.42. The summed E-state index contributed by atoms with van der Waals surface area (Å²) in [5.74, 6) is 0.272. The summed E-state index contributed by atoms with van der Waals surface area (Å²) in [5, 5.41) is 15.5. The fraction of sp³-hybridized carbons (Fsp3) is 0.450. The summed E-state index contributed by atoms with van der Waals surface area (Å²) in [6.45, 7) is 2.19. The topological polar surface area (TPSA) is 66.7 Å². The number of nitro benzene ring substituents is 1. The molecule has 1 amide bonds. The SMILES string of the molecule is O=C(C1CCN(c2ccccc2[N+](=O)[O-])CC1)N1CCCC1c1ccsc1. The molecule has 1 aromatic carbocycles. The van der Waals surface area contributed by atoms with Crippen molar-refractivity contribution in [2.24, 2.45) is 5.92 Å². The second-order valence-electron chi connectivity index (χ2n) is 7.25. The van der Waals surface area contributed by atoms with Gasteiger partial charge in [0.05, 0.1) is 11.0 Å². The lowest BCUT2D eigenvalue weighted by molar-refractivity contribution is -0.384. The van der Waals surface area contributed by atoms with E-state index in [1.54, 1.807) is 29.5 Å². The van der Waals surface area contributed by atoms with Gasteiger partial charge in [-0.25, -0.2) is 0 Å². The van der Waals surface area contributed by atoms with Gasteiger partial charge in [0.25, 0.3) is 5.69 Å². The molecule has 2 aliphatic heterocycles. The minimum atomic E-state index is -0.331. The van der Waals surface area contributed by atoms with E-state index in [-0.39, 0.29) is 28.5 Å². The number of nitrogens with zero attached hydrogens (tertiary/aromatic N) is 3. The van der Waals surface area contributed by atoms with Crippen LogP contribution in [0.5, 0.6) is 0 Å². The number of nitro groups is 1. The van der Waals surface area contributed by atoms with Crippen molar-refractivity contribution < 1.29 is 9.72 Å². The van der Waals surface area contributed by atoms with Crippen LogP contribution in [0.15, 0.2) is 41.1 Å². The Morgan fingerprint density at radius 3 is 2.59 bits per heavy atom. The van der Waals surface area contributed by atoms with Gasteiger partial charge >= 0.3 is 0 Å². The van der Waals surface area contributed by atoms with Gasteiger partial charge < -0.3 is 9.80 Å². The molecule has 0 bridgehead atoms. The number of likely N-dealkylation sites (tertiary alicyclic amines) is 1. The standard InChI is InChI=1S/C20H23N3O3S/c24-20(22-10-3-6-17(22)16-9-13-27-14-16)15-7-11-21(12-8-15)18-4-1-2-5-19(18)23(25)26/h1-2,4-5,9,13-15,17H,3,6-8,10-12H2. The largest absolute Gasteiger partial charge is 0.366 e. The molecule has 4 rings (SSSR count). The Hall–Kier alpha value is -2.41. The Bertz CT molecular complexity index is 816. The monoisotopic (exact) mass is 385 g/mol. The molecule has 142 valence electrons. The van der Waals surface area contributed by atoms with Crippen LogP contribution in [0.1, 0.15) is 37.3 Å². The van der Waals surface area contributed by atoms with E-state index < -0.39 is 0 Å². The summed E-state index contributed by atoms with van der Waals surface area (Å²) in [7, 11) is 0. The molecule has 2 aromatic rings. The van der Waals surface area contributed by atoms with E-state index in [2.05, 4.69) is 21.7 Å². The fourth-order valence-electron chi connectivity index (χ4n) is 4.33. The molecule has 0 N–H and O–H groups in total. The Balaban J connectivity index is 1.42. The van der Waals surface area contributed by atoms with E-state index in [4.69, 9.17) is 0 Å². The van der Waals surface area contributed by atoms with Crippen molar-refractivity contribution in [1.29, 1.82) is 0 Å². The molecular formula is C20H23N3O3S. The highest BCUT2D eigenvalue weighted by atomic mass is 32.1. The quantitative estimate of drug-likeness (QED) is 0.583. The normalized spacial score (nSPS) is 20.8. The van der Waals surface area contributed by atoms with Crippen molar-refractivity contribution >= 4 is 28.6 Å². The molecule has 1 unspecified atom stereocenters. The molecule has 2 aliphatic rings. The minimum absolute atomic E-state index is 0.0169. The highest BCUT2D eigenvalue weighted by Crippen LogP contribution is 2.36. The zero-order valence-corrected chi connectivity index (χ0v) is 15.9. The smallest absolute Gasteiger partial charge is 0.292 e. The van der Waals surface area contributed by atoms with Gasteiger partial charge in [0.15, 0.2) is 0 Å². The van der Waals surface area contributed by atoms with E-state index in [0.717, 1.165) is 32.2 Å². The molecule has 0 spiro atoms. The average molecular weight is 385 g/mol. The van der Waals surface area contributed by atoms with Crippen LogP contribution in [0, 0.1) is 16.0 Å². The van der Waals surface area contributed by atoms with Gasteiger partial charge in [-0.05, 0) is 54.1 Å². The molecule has 2 fully saturated rings. The zero-order chi connectivity index (χ0) is 18.8. The van der Waals surface area contributed by atoms with Crippen molar-refractivity contribution in [1.82, 2.24) is 4.90 Å². The minimum Gasteiger partial charge on any atom is -0.366 e. The van der Waals surface area contributed by atoms with E-state index >= 15 is 0 Å². The highest BCUT2D eigenvalue weighted by molar-refractivity contribution is 7.08. The third-order valence-corrected chi connectivity index (χ3v) is 6.43. The molecule has 2 saturated heterocycles. The number of rotatable bonds is 4. The van der Waals surface area contributed by atoms with Crippen molar-refractivity contribution in [3.05, 3.63) is 56.8 Å².